The number of aryl methyl sites for hydroxylation is 1. The minimum atomic E-state index is 0.584. The van der Waals surface area contributed by atoms with E-state index in [9.17, 15) is 0 Å². The molecule has 2 N–H and O–H groups in total. The molecule has 0 unspecified atom stereocenters. The zero-order valence-corrected chi connectivity index (χ0v) is 9.91. The van der Waals surface area contributed by atoms with Gasteiger partial charge in [0.25, 0.3) is 0 Å². The predicted octanol–water partition coefficient (Wildman–Crippen LogP) is 2.34. The maximum absolute atomic E-state index is 6.18. The number of halogens is 1. The van der Waals surface area contributed by atoms with Crippen molar-refractivity contribution in [3.8, 4) is 5.69 Å². The minimum Gasteiger partial charge on any atom is -0.330 e. The van der Waals surface area contributed by atoms with E-state index in [1.54, 1.807) is 0 Å². The van der Waals surface area contributed by atoms with E-state index in [0.29, 0.717) is 6.54 Å². The van der Waals surface area contributed by atoms with Crippen LogP contribution in [0, 0.1) is 6.92 Å². The molecule has 0 aliphatic carbocycles. The molecular weight excluding hydrogens is 222 g/mol. The third-order valence-electron chi connectivity index (χ3n) is 2.47. The summed E-state index contributed by atoms with van der Waals surface area (Å²) in [6.45, 7) is 2.59. The molecular formula is C12H14ClN3. The topological polar surface area (TPSA) is 43.8 Å². The quantitative estimate of drug-likeness (QED) is 0.888. The standard InChI is InChI=1S/C12H14ClN3/c1-9-8-15-12(6-7-14)16(9)11-5-3-2-4-10(11)13/h2-5,8H,6-7,14H2,1H3. The normalized spacial score (nSPS) is 10.7. The van der Waals surface area contributed by atoms with E-state index in [1.165, 1.54) is 0 Å². The second-order valence-electron chi connectivity index (χ2n) is 3.64. The first kappa shape index (κ1) is 11.2. The zero-order chi connectivity index (χ0) is 11.5. The minimum absolute atomic E-state index is 0.584. The summed E-state index contributed by atoms with van der Waals surface area (Å²) in [7, 11) is 0. The van der Waals surface area contributed by atoms with Gasteiger partial charge in [-0.25, -0.2) is 4.98 Å². The van der Waals surface area contributed by atoms with Crippen LogP contribution in [0.4, 0.5) is 0 Å². The number of para-hydroxylation sites is 1. The molecule has 0 atom stereocenters. The lowest BCUT2D eigenvalue weighted by molar-refractivity contribution is 0.826. The molecule has 4 heteroatoms. The Bertz CT molecular complexity index is 491. The van der Waals surface area contributed by atoms with Gasteiger partial charge in [-0.1, -0.05) is 23.7 Å². The smallest absolute Gasteiger partial charge is 0.114 e. The van der Waals surface area contributed by atoms with Crippen LogP contribution in [-0.2, 0) is 6.42 Å². The van der Waals surface area contributed by atoms with Crippen molar-refractivity contribution in [2.45, 2.75) is 13.3 Å². The second-order valence-corrected chi connectivity index (χ2v) is 4.05. The summed E-state index contributed by atoms with van der Waals surface area (Å²) in [4.78, 5) is 4.35. The molecule has 2 aromatic rings. The molecule has 1 heterocycles. The van der Waals surface area contributed by atoms with Gasteiger partial charge in [-0.05, 0) is 25.6 Å². The zero-order valence-electron chi connectivity index (χ0n) is 9.15. The molecule has 0 aliphatic rings. The first-order valence-electron chi connectivity index (χ1n) is 5.22. The van der Waals surface area contributed by atoms with Gasteiger partial charge in [0.15, 0.2) is 0 Å². The molecule has 0 radical (unpaired) electrons. The Hall–Kier alpha value is -1.32. The summed E-state index contributed by atoms with van der Waals surface area (Å²) in [5.41, 5.74) is 7.60. The van der Waals surface area contributed by atoms with Crippen LogP contribution in [0.3, 0.4) is 0 Å². The first-order chi connectivity index (χ1) is 7.74. The van der Waals surface area contributed by atoms with E-state index in [-0.39, 0.29) is 0 Å². The van der Waals surface area contributed by atoms with Crippen LogP contribution in [0.15, 0.2) is 30.5 Å². The summed E-state index contributed by atoms with van der Waals surface area (Å²) in [6, 6.07) is 7.74. The van der Waals surface area contributed by atoms with Gasteiger partial charge in [-0.2, -0.15) is 0 Å². The highest BCUT2D eigenvalue weighted by Gasteiger charge is 2.10. The fraction of sp³-hybridized carbons (Fsp3) is 0.250. The predicted molar refractivity (Wildman–Crippen MR) is 66.1 cm³/mol. The monoisotopic (exact) mass is 235 g/mol. The average molecular weight is 236 g/mol. The van der Waals surface area contributed by atoms with Crippen LogP contribution in [0.5, 0.6) is 0 Å². The van der Waals surface area contributed by atoms with Gasteiger partial charge >= 0.3 is 0 Å². The van der Waals surface area contributed by atoms with Gasteiger partial charge in [0.05, 0.1) is 10.7 Å². The Morgan fingerprint density at radius 2 is 2.12 bits per heavy atom. The maximum atomic E-state index is 6.18. The van der Waals surface area contributed by atoms with E-state index in [4.69, 9.17) is 17.3 Å². The van der Waals surface area contributed by atoms with E-state index in [0.717, 1.165) is 28.6 Å². The Balaban J connectivity index is 2.54. The molecule has 84 valence electrons. The number of aromatic nitrogens is 2. The Morgan fingerprint density at radius 1 is 1.38 bits per heavy atom. The SMILES string of the molecule is Cc1cnc(CCN)n1-c1ccccc1Cl. The lowest BCUT2D eigenvalue weighted by Crippen LogP contribution is -2.10. The third kappa shape index (κ3) is 1.96. The van der Waals surface area contributed by atoms with Gasteiger partial charge in [0.2, 0.25) is 0 Å². The molecule has 0 spiro atoms. The number of rotatable bonds is 3. The third-order valence-corrected chi connectivity index (χ3v) is 2.79. The first-order valence-corrected chi connectivity index (χ1v) is 5.60. The number of nitrogens with zero attached hydrogens (tertiary/aromatic N) is 2. The van der Waals surface area contributed by atoms with Crippen molar-refractivity contribution in [1.29, 1.82) is 0 Å². The fourth-order valence-corrected chi connectivity index (χ4v) is 1.97. The van der Waals surface area contributed by atoms with Crippen molar-refractivity contribution >= 4 is 11.6 Å². The molecule has 0 saturated carbocycles. The van der Waals surface area contributed by atoms with Crippen molar-refractivity contribution in [2.75, 3.05) is 6.54 Å². The molecule has 2 rings (SSSR count). The average Bonchev–Trinajstić information content (AvgIpc) is 2.62. The van der Waals surface area contributed by atoms with Gasteiger partial charge in [-0.3, -0.25) is 4.57 Å². The lowest BCUT2D eigenvalue weighted by atomic mass is 10.3. The molecule has 3 nitrogen and oxygen atoms in total. The highest BCUT2D eigenvalue weighted by atomic mass is 35.5. The molecule has 1 aromatic carbocycles. The summed E-state index contributed by atoms with van der Waals surface area (Å²) in [5.74, 6) is 0.952. The molecule has 0 fully saturated rings. The van der Waals surface area contributed by atoms with Crippen molar-refractivity contribution in [3.05, 3.63) is 47.0 Å². The highest BCUT2D eigenvalue weighted by molar-refractivity contribution is 6.32. The second kappa shape index (κ2) is 4.68. The van der Waals surface area contributed by atoms with Crippen LogP contribution in [0.2, 0.25) is 5.02 Å². The summed E-state index contributed by atoms with van der Waals surface area (Å²) < 4.78 is 2.05. The van der Waals surface area contributed by atoms with E-state index < -0.39 is 0 Å². The number of hydrogen-bond acceptors (Lipinski definition) is 2. The van der Waals surface area contributed by atoms with Crippen LogP contribution in [-0.4, -0.2) is 16.1 Å². The van der Waals surface area contributed by atoms with Crippen LogP contribution in [0.25, 0.3) is 5.69 Å². The molecule has 0 saturated heterocycles. The van der Waals surface area contributed by atoms with Crippen LogP contribution >= 0.6 is 11.6 Å². The van der Waals surface area contributed by atoms with Crippen molar-refractivity contribution in [1.82, 2.24) is 9.55 Å². The Labute approximate surface area is 99.9 Å². The largest absolute Gasteiger partial charge is 0.330 e. The number of nitrogens with two attached hydrogens (primary N) is 1. The Morgan fingerprint density at radius 3 is 2.81 bits per heavy atom. The number of imidazole rings is 1. The van der Waals surface area contributed by atoms with Gasteiger partial charge in [0.1, 0.15) is 5.82 Å². The Kier molecular flexibility index (Phi) is 3.27. The lowest BCUT2D eigenvalue weighted by Gasteiger charge is -2.11. The van der Waals surface area contributed by atoms with Crippen molar-refractivity contribution in [3.63, 3.8) is 0 Å². The van der Waals surface area contributed by atoms with E-state index in [2.05, 4.69) is 9.55 Å². The fourth-order valence-electron chi connectivity index (χ4n) is 1.75. The molecule has 16 heavy (non-hydrogen) atoms. The van der Waals surface area contributed by atoms with Crippen molar-refractivity contribution in [2.24, 2.45) is 5.73 Å². The molecule has 0 aliphatic heterocycles. The van der Waals surface area contributed by atoms with E-state index in [1.807, 2.05) is 37.4 Å². The highest BCUT2D eigenvalue weighted by Crippen LogP contribution is 2.22. The van der Waals surface area contributed by atoms with Crippen LogP contribution in [0.1, 0.15) is 11.5 Å². The van der Waals surface area contributed by atoms with Crippen LogP contribution < -0.4 is 5.73 Å². The molecule has 0 bridgehead atoms. The summed E-state index contributed by atoms with van der Waals surface area (Å²) >= 11 is 6.18. The number of hydrogen-bond donors (Lipinski definition) is 1. The summed E-state index contributed by atoms with van der Waals surface area (Å²) in [6.07, 6.45) is 2.59. The van der Waals surface area contributed by atoms with Gasteiger partial charge in [-0.15, -0.1) is 0 Å². The van der Waals surface area contributed by atoms with Gasteiger partial charge in [0, 0.05) is 18.3 Å². The molecule has 1 aromatic heterocycles. The molecule has 0 amide bonds. The van der Waals surface area contributed by atoms with E-state index >= 15 is 0 Å². The summed E-state index contributed by atoms with van der Waals surface area (Å²) in [5, 5.41) is 0.724. The van der Waals surface area contributed by atoms with Crippen molar-refractivity contribution < 1.29 is 0 Å². The maximum Gasteiger partial charge on any atom is 0.114 e. The number of benzene rings is 1. The van der Waals surface area contributed by atoms with Gasteiger partial charge < -0.3 is 5.73 Å².